The normalized spacial score (nSPS) is 14.0. The molecule has 2 aromatic heterocycles. The van der Waals surface area contributed by atoms with Gasteiger partial charge in [-0.15, -0.1) is 0 Å². The summed E-state index contributed by atoms with van der Waals surface area (Å²) in [5.41, 5.74) is 4.98. The molecule has 0 radical (unpaired) electrons. The van der Waals surface area contributed by atoms with Crippen molar-refractivity contribution in [3.63, 3.8) is 0 Å². The Kier molecular flexibility index (Phi) is 7.18. The SMILES string of the molecule is Cn1cccc1-c1cc(C(=O)N2CCN(C(c3ccccc3)c3ccccc3)CC2)n(-c2ccc([N+](=O)[O-])cc2)n1. The van der Waals surface area contributed by atoms with Crippen LogP contribution < -0.4 is 0 Å². The number of hydrogen-bond acceptors (Lipinski definition) is 5. The Morgan fingerprint density at radius 2 is 1.44 bits per heavy atom. The van der Waals surface area contributed by atoms with Gasteiger partial charge in [-0.25, -0.2) is 4.68 Å². The van der Waals surface area contributed by atoms with E-state index in [4.69, 9.17) is 5.10 Å². The number of hydrogen-bond donors (Lipinski definition) is 0. The summed E-state index contributed by atoms with van der Waals surface area (Å²) in [6.07, 6.45) is 1.93. The smallest absolute Gasteiger partial charge is 0.272 e. The summed E-state index contributed by atoms with van der Waals surface area (Å²) in [5, 5.41) is 16.0. The van der Waals surface area contributed by atoms with Crippen LogP contribution in [-0.4, -0.2) is 61.2 Å². The monoisotopic (exact) mass is 546 g/mol. The van der Waals surface area contributed by atoms with Gasteiger partial charge in [0.25, 0.3) is 11.6 Å². The molecule has 1 saturated heterocycles. The minimum absolute atomic E-state index is 0.0149. The van der Waals surface area contributed by atoms with Gasteiger partial charge in [-0.05, 0) is 41.5 Å². The van der Waals surface area contributed by atoms with E-state index in [0.29, 0.717) is 30.2 Å². The maximum atomic E-state index is 14.0. The molecule has 0 N–H and O–H groups in total. The van der Waals surface area contributed by atoms with Crippen LogP contribution in [0.3, 0.4) is 0 Å². The van der Waals surface area contributed by atoms with Crippen LogP contribution in [0.4, 0.5) is 5.69 Å². The Hall–Kier alpha value is -5.02. The Labute approximate surface area is 238 Å². The number of nitro benzene ring substituents is 1. The van der Waals surface area contributed by atoms with Gasteiger partial charge in [0.2, 0.25) is 0 Å². The molecule has 3 heterocycles. The van der Waals surface area contributed by atoms with Crippen molar-refractivity contribution < 1.29 is 9.72 Å². The lowest BCUT2D eigenvalue weighted by Crippen LogP contribution is -2.50. The molecule has 3 aromatic carbocycles. The number of nitro groups is 1. The van der Waals surface area contributed by atoms with Gasteiger partial charge in [-0.1, -0.05) is 60.7 Å². The molecular formula is C32H30N6O3. The fourth-order valence-corrected chi connectivity index (χ4v) is 5.53. The third-order valence-electron chi connectivity index (χ3n) is 7.64. The summed E-state index contributed by atoms with van der Waals surface area (Å²) < 4.78 is 3.54. The lowest BCUT2D eigenvalue weighted by molar-refractivity contribution is -0.384. The predicted octanol–water partition coefficient (Wildman–Crippen LogP) is 5.33. The largest absolute Gasteiger partial charge is 0.349 e. The van der Waals surface area contributed by atoms with E-state index in [1.807, 2.05) is 53.0 Å². The van der Waals surface area contributed by atoms with Gasteiger partial charge in [0.1, 0.15) is 11.4 Å². The third-order valence-corrected chi connectivity index (χ3v) is 7.64. The fraction of sp³-hybridized carbons (Fsp3) is 0.188. The quantitative estimate of drug-likeness (QED) is 0.203. The van der Waals surface area contributed by atoms with E-state index in [0.717, 1.165) is 18.8 Å². The number of aromatic nitrogens is 3. The number of carbonyl (C=O) groups is 1. The predicted molar refractivity (Wildman–Crippen MR) is 157 cm³/mol. The van der Waals surface area contributed by atoms with Crippen molar-refractivity contribution in [2.45, 2.75) is 6.04 Å². The summed E-state index contributed by atoms with van der Waals surface area (Å²) >= 11 is 0. The molecule has 5 aromatic rings. The number of benzene rings is 3. The van der Waals surface area contributed by atoms with Crippen molar-refractivity contribution in [3.05, 3.63) is 136 Å². The van der Waals surface area contributed by atoms with Crippen LogP contribution in [0.5, 0.6) is 0 Å². The van der Waals surface area contributed by atoms with Crippen LogP contribution in [0, 0.1) is 10.1 Å². The molecule has 1 aliphatic heterocycles. The summed E-state index contributed by atoms with van der Waals surface area (Å²) in [6.45, 7) is 2.58. The average Bonchev–Trinajstić information content (AvgIpc) is 3.65. The Morgan fingerprint density at radius 1 is 0.829 bits per heavy atom. The number of aryl methyl sites for hydroxylation is 1. The molecule has 0 unspecified atom stereocenters. The molecule has 9 nitrogen and oxygen atoms in total. The molecule has 41 heavy (non-hydrogen) atoms. The standard InChI is InChI=1S/C32H30N6O3/c1-34-18-8-13-29(34)28-23-30(37(33-28)26-14-16-27(17-15-26)38(40)41)32(39)36-21-19-35(20-22-36)31(24-9-4-2-5-10-24)25-11-6-3-7-12-25/h2-18,23,31H,19-22H2,1H3. The molecule has 6 rings (SSSR count). The highest BCUT2D eigenvalue weighted by molar-refractivity contribution is 5.94. The number of non-ortho nitro benzene ring substituents is 1. The fourth-order valence-electron chi connectivity index (χ4n) is 5.53. The highest BCUT2D eigenvalue weighted by Crippen LogP contribution is 2.30. The van der Waals surface area contributed by atoms with Gasteiger partial charge in [0.15, 0.2) is 0 Å². The maximum Gasteiger partial charge on any atom is 0.272 e. The second kappa shape index (κ2) is 11.2. The van der Waals surface area contributed by atoms with Crippen molar-refractivity contribution in [1.82, 2.24) is 24.1 Å². The molecule has 206 valence electrons. The van der Waals surface area contributed by atoms with Gasteiger partial charge in [0.05, 0.1) is 22.3 Å². The van der Waals surface area contributed by atoms with Crippen LogP contribution >= 0.6 is 0 Å². The molecule has 0 atom stereocenters. The maximum absolute atomic E-state index is 14.0. The van der Waals surface area contributed by atoms with Crippen LogP contribution in [0.1, 0.15) is 27.7 Å². The summed E-state index contributed by atoms with van der Waals surface area (Å²) in [5.74, 6) is -0.119. The van der Waals surface area contributed by atoms with Crippen LogP contribution in [0.25, 0.3) is 17.1 Å². The van der Waals surface area contributed by atoms with E-state index in [9.17, 15) is 14.9 Å². The van der Waals surface area contributed by atoms with Gasteiger partial charge >= 0.3 is 0 Å². The molecule has 0 bridgehead atoms. The van der Waals surface area contributed by atoms with E-state index in [-0.39, 0.29) is 17.6 Å². The van der Waals surface area contributed by atoms with Crippen molar-refractivity contribution in [2.24, 2.45) is 7.05 Å². The average molecular weight is 547 g/mol. The number of nitrogens with zero attached hydrogens (tertiary/aromatic N) is 6. The van der Waals surface area contributed by atoms with Crippen molar-refractivity contribution >= 4 is 11.6 Å². The van der Waals surface area contributed by atoms with Gasteiger partial charge < -0.3 is 9.47 Å². The molecule has 0 spiro atoms. The molecule has 9 heteroatoms. The van der Waals surface area contributed by atoms with E-state index >= 15 is 0 Å². The van der Waals surface area contributed by atoms with E-state index in [1.54, 1.807) is 16.8 Å². The first-order valence-corrected chi connectivity index (χ1v) is 13.6. The highest BCUT2D eigenvalue weighted by Gasteiger charge is 2.30. The van der Waals surface area contributed by atoms with E-state index < -0.39 is 4.92 Å². The zero-order valence-corrected chi connectivity index (χ0v) is 22.7. The van der Waals surface area contributed by atoms with Crippen LogP contribution in [-0.2, 0) is 7.05 Å². The second-order valence-electron chi connectivity index (χ2n) is 10.2. The van der Waals surface area contributed by atoms with Crippen molar-refractivity contribution in [1.29, 1.82) is 0 Å². The Balaban J connectivity index is 1.28. The zero-order valence-electron chi connectivity index (χ0n) is 22.7. The lowest BCUT2D eigenvalue weighted by Gasteiger charge is -2.39. The molecule has 1 amide bonds. The van der Waals surface area contributed by atoms with Crippen molar-refractivity contribution in [3.8, 4) is 17.1 Å². The first-order chi connectivity index (χ1) is 20.0. The van der Waals surface area contributed by atoms with E-state index in [2.05, 4.69) is 53.4 Å². The molecule has 0 saturated carbocycles. The first-order valence-electron chi connectivity index (χ1n) is 13.6. The lowest BCUT2D eigenvalue weighted by atomic mass is 9.96. The van der Waals surface area contributed by atoms with Gasteiger partial charge in [-0.2, -0.15) is 5.10 Å². The number of rotatable bonds is 7. The number of amides is 1. The number of carbonyl (C=O) groups excluding carboxylic acids is 1. The topological polar surface area (TPSA) is 89.4 Å². The molecule has 1 aliphatic rings. The van der Waals surface area contributed by atoms with Gasteiger partial charge in [-0.3, -0.25) is 19.8 Å². The summed E-state index contributed by atoms with van der Waals surface area (Å²) in [4.78, 5) is 29.0. The third kappa shape index (κ3) is 5.27. The second-order valence-corrected chi connectivity index (χ2v) is 10.2. The minimum atomic E-state index is -0.439. The summed E-state index contributed by atoms with van der Waals surface area (Å²) in [6, 6.07) is 32.8. The van der Waals surface area contributed by atoms with Crippen LogP contribution in [0.2, 0.25) is 0 Å². The Bertz CT molecular complexity index is 1610. The summed E-state index contributed by atoms with van der Waals surface area (Å²) in [7, 11) is 1.93. The molecule has 1 fully saturated rings. The van der Waals surface area contributed by atoms with E-state index in [1.165, 1.54) is 23.3 Å². The minimum Gasteiger partial charge on any atom is -0.349 e. The van der Waals surface area contributed by atoms with Gasteiger partial charge in [0, 0.05) is 51.6 Å². The first kappa shape index (κ1) is 26.2. The molecule has 0 aliphatic carbocycles. The highest BCUT2D eigenvalue weighted by atomic mass is 16.6. The Morgan fingerprint density at radius 3 is 1.98 bits per heavy atom. The van der Waals surface area contributed by atoms with Crippen LogP contribution in [0.15, 0.2) is 109 Å². The van der Waals surface area contributed by atoms with Crippen molar-refractivity contribution in [2.75, 3.05) is 26.2 Å². The zero-order chi connectivity index (χ0) is 28.3. The number of piperazine rings is 1. The molecular weight excluding hydrogens is 516 g/mol.